The van der Waals surface area contributed by atoms with Crippen molar-refractivity contribution in [2.75, 3.05) is 13.1 Å². The minimum Gasteiger partial charge on any atom is -0.309 e. The zero-order valence-electron chi connectivity index (χ0n) is 13.8. The molecule has 112 valence electrons. The molecule has 19 heavy (non-hydrogen) atoms. The van der Waals surface area contributed by atoms with Crippen molar-refractivity contribution in [3.05, 3.63) is 0 Å². The Balaban J connectivity index is 2.14. The van der Waals surface area contributed by atoms with E-state index >= 15 is 0 Å². The molecule has 2 fully saturated rings. The second kappa shape index (κ2) is 5.73. The van der Waals surface area contributed by atoms with Gasteiger partial charge in [0.05, 0.1) is 0 Å². The van der Waals surface area contributed by atoms with Crippen molar-refractivity contribution in [2.24, 2.45) is 5.41 Å². The van der Waals surface area contributed by atoms with Crippen LogP contribution in [0, 0.1) is 5.41 Å². The molecule has 1 heterocycles. The minimum absolute atomic E-state index is 0.272. The van der Waals surface area contributed by atoms with Gasteiger partial charge >= 0.3 is 0 Å². The van der Waals surface area contributed by atoms with Crippen LogP contribution >= 0.6 is 0 Å². The van der Waals surface area contributed by atoms with Crippen LogP contribution in [0.3, 0.4) is 0 Å². The number of piperazine rings is 1. The summed E-state index contributed by atoms with van der Waals surface area (Å²) in [4.78, 5) is 2.86. The van der Waals surface area contributed by atoms with Gasteiger partial charge in [-0.2, -0.15) is 0 Å². The first-order chi connectivity index (χ1) is 8.80. The molecule has 1 saturated carbocycles. The molecule has 1 aliphatic carbocycles. The minimum atomic E-state index is 0.272. The molecule has 1 N–H and O–H groups in total. The molecule has 2 aliphatic rings. The van der Waals surface area contributed by atoms with Crippen molar-refractivity contribution in [1.29, 1.82) is 0 Å². The van der Waals surface area contributed by atoms with Crippen molar-refractivity contribution in [1.82, 2.24) is 10.2 Å². The van der Waals surface area contributed by atoms with E-state index in [0.29, 0.717) is 11.5 Å². The van der Waals surface area contributed by atoms with Gasteiger partial charge in [-0.15, -0.1) is 0 Å². The maximum Gasteiger partial charge on any atom is 0.0272 e. The van der Waals surface area contributed by atoms with E-state index in [-0.39, 0.29) is 5.54 Å². The molecule has 1 unspecified atom stereocenters. The molecule has 1 atom stereocenters. The smallest absolute Gasteiger partial charge is 0.0272 e. The van der Waals surface area contributed by atoms with Crippen molar-refractivity contribution in [3.8, 4) is 0 Å². The molecular formula is C17H34N2. The summed E-state index contributed by atoms with van der Waals surface area (Å²) in [5, 5.41) is 3.76. The largest absolute Gasteiger partial charge is 0.309 e. The van der Waals surface area contributed by atoms with E-state index in [1.165, 1.54) is 45.1 Å². The van der Waals surface area contributed by atoms with Crippen LogP contribution in [0.5, 0.6) is 0 Å². The van der Waals surface area contributed by atoms with Crippen molar-refractivity contribution in [3.63, 3.8) is 0 Å². The Labute approximate surface area is 120 Å². The van der Waals surface area contributed by atoms with E-state index in [2.05, 4.69) is 44.8 Å². The van der Waals surface area contributed by atoms with E-state index < -0.39 is 0 Å². The fourth-order valence-corrected chi connectivity index (χ4v) is 3.89. The van der Waals surface area contributed by atoms with Crippen LogP contribution in [0.15, 0.2) is 0 Å². The summed E-state index contributed by atoms with van der Waals surface area (Å²) in [7, 11) is 0. The second-order valence-electron chi connectivity index (χ2n) is 8.46. The van der Waals surface area contributed by atoms with Crippen molar-refractivity contribution >= 4 is 0 Å². The highest BCUT2D eigenvalue weighted by Gasteiger charge is 2.41. The summed E-state index contributed by atoms with van der Waals surface area (Å²) in [6, 6.07) is 1.51. The normalized spacial score (nSPS) is 31.1. The first kappa shape index (κ1) is 15.3. The molecule has 0 aromatic carbocycles. The Morgan fingerprint density at radius 2 is 1.58 bits per heavy atom. The highest BCUT2D eigenvalue weighted by molar-refractivity contribution is 4.99. The number of rotatable bonds is 1. The monoisotopic (exact) mass is 266 g/mol. The fourth-order valence-electron chi connectivity index (χ4n) is 3.89. The zero-order chi connectivity index (χ0) is 14.1. The fraction of sp³-hybridized carbons (Fsp3) is 1.00. The van der Waals surface area contributed by atoms with Gasteiger partial charge in [0.25, 0.3) is 0 Å². The lowest BCUT2D eigenvalue weighted by Gasteiger charge is -2.52. The maximum absolute atomic E-state index is 3.76. The van der Waals surface area contributed by atoms with Gasteiger partial charge in [-0.1, -0.05) is 46.5 Å². The topological polar surface area (TPSA) is 15.3 Å². The first-order valence-corrected chi connectivity index (χ1v) is 8.30. The number of nitrogens with one attached hydrogen (secondary N) is 1. The summed E-state index contributed by atoms with van der Waals surface area (Å²) < 4.78 is 0. The third-order valence-electron chi connectivity index (χ3n) is 5.05. The van der Waals surface area contributed by atoms with Gasteiger partial charge in [-0.3, -0.25) is 4.90 Å². The Kier molecular flexibility index (Phi) is 4.62. The molecule has 0 bridgehead atoms. The van der Waals surface area contributed by atoms with Gasteiger partial charge < -0.3 is 5.32 Å². The van der Waals surface area contributed by atoms with E-state index in [1.807, 2.05) is 0 Å². The van der Waals surface area contributed by atoms with Crippen LogP contribution in [0.1, 0.15) is 73.1 Å². The van der Waals surface area contributed by atoms with Crippen LogP contribution in [0.4, 0.5) is 0 Å². The number of hydrogen-bond acceptors (Lipinski definition) is 2. The van der Waals surface area contributed by atoms with Gasteiger partial charge in [0.1, 0.15) is 0 Å². The Hall–Kier alpha value is -0.0800. The van der Waals surface area contributed by atoms with Gasteiger partial charge in [-0.05, 0) is 32.1 Å². The molecule has 2 heteroatoms. The molecule has 2 nitrogen and oxygen atoms in total. The highest BCUT2D eigenvalue weighted by atomic mass is 15.3. The summed E-state index contributed by atoms with van der Waals surface area (Å²) in [5.41, 5.74) is 0.643. The SMILES string of the molecule is CC1(C)CN(C2CCCCCC2)C(C(C)(C)C)CN1. The molecule has 2 rings (SSSR count). The van der Waals surface area contributed by atoms with Crippen LogP contribution in [-0.2, 0) is 0 Å². The summed E-state index contributed by atoms with van der Waals surface area (Å²) >= 11 is 0. The third-order valence-corrected chi connectivity index (χ3v) is 5.05. The Bertz CT molecular complexity index is 282. The van der Waals surface area contributed by atoms with Crippen LogP contribution < -0.4 is 5.32 Å². The Morgan fingerprint density at radius 1 is 1.00 bits per heavy atom. The summed E-state index contributed by atoms with van der Waals surface area (Å²) in [6.07, 6.45) is 8.61. The number of nitrogens with zero attached hydrogens (tertiary/aromatic N) is 1. The molecule has 0 amide bonds. The predicted molar refractivity (Wildman–Crippen MR) is 83.5 cm³/mol. The lowest BCUT2D eigenvalue weighted by molar-refractivity contribution is -0.00366. The van der Waals surface area contributed by atoms with E-state index in [0.717, 1.165) is 12.6 Å². The number of hydrogen-bond donors (Lipinski definition) is 1. The molecule has 1 saturated heterocycles. The molecule has 0 spiro atoms. The van der Waals surface area contributed by atoms with Crippen LogP contribution in [-0.4, -0.2) is 35.6 Å². The predicted octanol–water partition coefficient (Wildman–Crippen LogP) is 3.81. The first-order valence-electron chi connectivity index (χ1n) is 8.30. The van der Waals surface area contributed by atoms with E-state index in [9.17, 15) is 0 Å². The van der Waals surface area contributed by atoms with Crippen molar-refractivity contribution in [2.45, 2.75) is 90.8 Å². The molecule has 0 radical (unpaired) electrons. The van der Waals surface area contributed by atoms with Gasteiger partial charge in [0, 0.05) is 30.7 Å². The van der Waals surface area contributed by atoms with E-state index in [4.69, 9.17) is 0 Å². The van der Waals surface area contributed by atoms with Crippen LogP contribution in [0.25, 0.3) is 0 Å². The van der Waals surface area contributed by atoms with Gasteiger partial charge in [0.2, 0.25) is 0 Å². The molecule has 0 aromatic heterocycles. The average molecular weight is 266 g/mol. The highest BCUT2D eigenvalue weighted by Crippen LogP contribution is 2.33. The molecule has 1 aliphatic heterocycles. The molecule has 0 aromatic rings. The standard InChI is InChI=1S/C17H34N2/c1-16(2,3)15-12-18-17(4,5)13-19(15)14-10-8-6-7-9-11-14/h14-15,18H,6-13H2,1-5H3. The summed E-state index contributed by atoms with van der Waals surface area (Å²) in [6.45, 7) is 14.3. The maximum atomic E-state index is 3.76. The third kappa shape index (κ3) is 3.95. The average Bonchev–Trinajstić information content (AvgIpc) is 2.54. The second-order valence-corrected chi connectivity index (χ2v) is 8.46. The summed E-state index contributed by atoms with van der Waals surface area (Å²) in [5.74, 6) is 0. The Morgan fingerprint density at radius 3 is 2.11 bits per heavy atom. The van der Waals surface area contributed by atoms with Crippen molar-refractivity contribution < 1.29 is 0 Å². The van der Waals surface area contributed by atoms with Gasteiger partial charge in [-0.25, -0.2) is 0 Å². The molecular weight excluding hydrogens is 232 g/mol. The lowest BCUT2D eigenvalue weighted by Crippen LogP contribution is -2.66. The lowest BCUT2D eigenvalue weighted by atomic mass is 9.81. The van der Waals surface area contributed by atoms with E-state index in [1.54, 1.807) is 0 Å². The zero-order valence-corrected chi connectivity index (χ0v) is 13.8. The quantitative estimate of drug-likeness (QED) is 0.726. The van der Waals surface area contributed by atoms with Crippen LogP contribution in [0.2, 0.25) is 0 Å². The van der Waals surface area contributed by atoms with Gasteiger partial charge in [0.15, 0.2) is 0 Å².